The monoisotopic (exact) mass is 475 g/mol. The molecule has 13 heteroatoms. The highest BCUT2D eigenvalue weighted by molar-refractivity contribution is 5.81. The van der Waals surface area contributed by atoms with Crippen molar-refractivity contribution in [2.24, 2.45) is 11.8 Å². The number of nitrogens with one attached hydrogen (secondary N) is 2. The quantitative estimate of drug-likeness (QED) is 0.574. The molecule has 4 rings (SSSR count). The minimum absolute atomic E-state index is 0.0403. The largest absolute Gasteiger partial charge is 0.465 e. The van der Waals surface area contributed by atoms with Gasteiger partial charge in [0.1, 0.15) is 6.04 Å². The molecule has 2 unspecified atom stereocenters. The van der Waals surface area contributed by atoms with Crippen LogP contribution in [0.2, 0.25) is 0 Å². The summed E-state index contributed by atoms with van der Waals surface area (Å²) >= 11 is 0. The summed E-state index contributed by atoms with van der Waals surface area (Å²) in [5.74, 6) is -4.68. The predicted molar refractivity (Wildman–Crippen MR) is 104 cm³/mol. The van der Waals surface area contributed by atoms with Crippen molar-refractivity contribution in [1.29, 1.82) is 0 Å². The molecule has 1 saturated carbocycles. The number of hydrogen-bond donors (Lipinski definition) is 3. The molecule has 2 aromatic heterocycles. The summed E-state index contributed by atoms with van der Waals surface area (Å²) in [7, 11) is 0. The maximum atomic E-state index is 13.5. The first-order chi connectivity index (χ1) is 15.4. The van der Waals surface area contributed by atoms with E-state index in [0.29, 0.717) is 16.9 Å². The van der Waals surface area contributed by atoms with E-state index in [1.54, 1.807) is 6.07 Å². The second-order valence-electron chi connectivity index (χ2n) is 8.69. The van der Waals surface area contributed by atoms with Gasteiger partial charge in [-0.2, -0.15) is 18.3 Å². The lowest BCUT2D eigenvalue weighted by molar-refractivity contribution is -0.154. The average molecular weight is 475 g/mol. The zero-order valence-corrected chi connectivity index (χ0v) is 17.3. The molecule has 2 aromatic rings. The van der Waals surface area contributed by atoms with E-state index in [1.807, 2.05) is 5.32 Å². The topological polar surface area (TPSA) is 109 Å². The zero-order valence-electron chi connectivity index (χ0n) is 17.3. The molecule has 1 aliphatic heterocycles. The van der Waals surface area contributed by atoms with E-state index in [9.17, 15) is 36.6 Å². The summed E-state index contributed by atoms with van der Waals surface area (Å²) in [4.78, 5) is 27.7. The third kappa shape index (κ3) is 5.17. The van der Waals surface area contributed by atoms with Gasteiger partial charge in [-0.1, -0.05) is 0 Å². The molecule has 1 saturated heterocycles. The Balaban J connectivity index is 1.53. The summed E-state index contributed by atoms with van der Waals surface area (Å²) in [5, 5.41) is 17.7. The molecule has 0 aromatic carbocycles. The van der Waals surface area contributed by atoms with E-state index in [-0.39, 0.29) is 44.4 Å². The lowest BCUT2D eigenvalue weighted by Gasteiger charge is -2.32. The summed E-state index contributed by atoms with van der Waals surface area (Å²) in [6.07, 6.45) is -3.68. The van der Waals surface area contributed by atoms with E-state index in [4.69, 9.17) is 0 Å². The smallest absolute Gasteiger partial charge is 0.408 e. The van der Waals surface area contributed by atoms with Crippen LogP contribution in [0.4, 0.5) is 26.7 Å². The third-order valence-corrected chi connectivity index (χ3v) is 6.31. The Morgan fingerprint density at radius 3 is 2.64 bits per heavy atom. The Morgan fingerprint density at radius 1 is 1.33 bits per heavy atom. The van der Waals surface area contributed by atoms with Crippen LogP contribution in [0.5, 0.6) is 0 Å². The van der Waals surface area contributed by atoms with E-state index in [1.165, 1.54) is 16.9 Å². The molecule has 3 N–H and O–H groups in total. The highest BCUT2D eigenvalue weighted by Gasteiger charge is 2.47. The van der Waals surface area contributed by atoms with Crippen molar-refractivity contribution in [2.45, 2.75) is 62.7 Å². The van der Waals surface area contributed by atoms with Crippen LogP contribution in [-0.2, 0) is 11.2 Å². The Hall–Kier alpha value is -2.99. The Kier molecular flexibility index (Phi) is 5.91. The van der Waals surface area contributed by atoms with Gasteiger partial charge in [-0.05, 0) is 43.2 Å². The Bertz CT molecular complexity index is 1050. The molecule has 0 spiro atoms. The second-order valence-corrected chi connectivity index (χ2v) is 8.69. The van der Waals surface area contributed by atoms with Gasteiger partial charge in [-0.3, -0.25) is 4.79 Å². The van der Waals surface area contributed by atoms with Crippen molar-refractivity contribution in [3.8, 4) is 0 Å². The van der Waals surface area contributed by atoms with Gasteiger partial charge in [-0.25, -0.2) is 23.1 Å². The number of rotatable bonds is 5. The SMILES string of the molecule is O=C(O)NC(c1cn2ncc(CC3C[C@@H](C(F)(F)F)NC3=O)cc2n1)C1CCC(F)(F)CC1. The van der Waals surface area contributed by atoms with Crippen molar-refractivity contribution in [3.63, 3.8) is 0 Å². The van der Waals surface area contributed by atoms with Gasteiger partial charge in [0.2, 0.25) is 11.8 Å². The molecule has 0 radical (unpaired) electrons. The fourth-order valence-corrected chi connectivity index (χ4v) is 4.57. The van der Waals surface area contributed by atoms with Crippen molar-refractivity contribution < 1.29 is 36.6 Å². The van der Waals surface area contributed by atoms with Crippen molar-refractivity contribution in [2.75, 3.05) is 0 Å². The van der Waals surface area contributed by atoms with E-state index < -0.39 is 42.1 Å². The first kappa shape index (κ1) is 23.2. The van der Waals surface area contributed by atoms with Crippen LogP contribution in [0, 0.1) is 11.8 Å². The molecule has 3 atom stereocenters. The van der Waals surface area contributed by atoms with Gasteiger partial charge >= 0.3 is 12.3 Å². The molecule has 180 valence electrons. The number of halogens is 5. The summed E-state index contributed by atoms with van der Waals surface area (Å²) in [6.45, 7) is 0. The first-order valence-corrected chi connectivity index (χ1v) is 10.5. The number of fused-ring (bicyclic) bond motifs is 1. The van der Waals surface area contributed by atoms with Crippen molar-refractivity contribution >= 4 is 17.6 Å². The van der Waals surface area contributed by atoms with Crippen molar-refractivity contribution in [3.05, 3.63) is 29.7 Å². The lowest BCUT2D eigenvalue weighted by Crippen LogP contribution is -2.38. The van der Waals surface area contributed by atoms with Crippen LogP contribution in [-0.4, -0.2) is 49.8 Å². The summed E-state index contributed by atoms with van der Waals surface area (Å²) < 4.78 is 67.1. The van der Waals surface area contributed by atoms with Crippen molar-refractivity contribution in [1.82, 2.24) is 25.2 Å². The van der Waals surface area contributed by atoms with Gasteiger partial charge in [0.25, 0.3) is 0 Å². The van der Waals surface area contributed by atoms with E-state index in [2.05, 4.69) is 15.4 Å². The Morgan fingerprint density at radius 2 is 2.03 bits per heavy atom. The molecule has 2 amide bonds. The first-order valence-electron chi connectivity index (χ1n) is 10.5. The highest BCUT2D eigenvalue weighted by atomic mass is 19.4. The number of alkyl halides is 5. The highest BCUT2D eigenvalue weighted by Crippen LogP contribution is 2.41. The van der Waals surface area contributed by atoms with Crippen LogP contribution < -0.4 is 10.6 Å². The fourth-order valence-electron chi connectivity index (χ4n) is 4.57. The molecular formula is C20H22F5N5O3. The maximum Gasteiger partial charge on any atom is 0.408 e. The summed E-state index contributed by atoms with van der Waals surface area (Å²) in [5.41, 5.74) is 1.13. The number of aromatic nitrogens is 3. The molecule has 0 bridgehead atoms. The number of carboxylic acid groups (broad SMARTS) is 1. The number of carbonyl (C=O) groups excluding carboxylic acids is 1. The second kappa shape index (κ2) is 8.41. The van der Waals surface area contributed by atoms with E-state index >= 15 is 0 Å². The van der Waals surface area contributed by atoms with Gasteiger partial charge in [0.05, 0.1) is 24.1 Å². The molecule has 8 nitrogen and oxygen atoms in total. The standard InChI is InChI=1S/C20H22F5N5O3/c21-19(22)3-1-11(2-4-19)16(29-18(32)33)13-9-30-15(27-13)6-10(8-26-30)5-12-7-14(20(23,24)25)28-17(12)31/h6,8-9,11-12,14,16,29H,1-5,7H2,(H,28,31)(H,32,33)/t12?,14-,16?/m0/s1. The van der Waals surface area contributed by atoms with Crippen LogP contribution in [0.3, 0.4) is 0 Å². The Labute approximate surface area is 184 Å². The summed E-state index contributed by atoms with van der Waals surface area (Å²) in [6, 6.07) is -1.12. The molecule has 2 fully saturated rings. The normalized spacial score (nSPS) is 24.6. The van der Waals surface area contributed by atoms with Gasteiger partial charge in [0, 0.05) is 18.8 Å². The molecule has 2 aliphatic rings. The van der Waals surface area contributed by atoms with Gasteiger partial charge in [0.15, 0.2) is 5.65 Å². The van der Waals surface area contributed by atoms with E-state index in [0.717, 1.165) is 0 Å². The van der Waals surface area contributed by atoms with Crippen LogP contribution >= 0.6 is 0 Å². The number of hydrogen-bond acceptors (Lipinski definition) is 4. The van der Waals surface area contributed by atoms with Gasteiger partial charge < -0.3 is 15.7 Å². The number of amides is 2. The fraction of sp³-hybridized carbons (Fsp3) is 0.600. The lowest BCUT2D eigenvalue weighted by atomic mass is 9.81. The molecular weight excluding hydrogens is 453 g/mol. The van der Waals surface area contributed by atoms with Crippen LogP contribution in [0.25, 0.3) is 5.65 Å². The molecule has 33 heavy (non-hydrogen) atoms. The third-order valence-electron chi connectivity index (χ3n) is 6.31. The number of nitrogens with zero attached hydrogens (tertiary/aromatic N) is 3. The van der Waals surface area contributed by atoms with Gasteiger partial charge in [-0.15, -0.1) is 0 Å². The maximum absolute atomic E-state index is 13.5. The minimum atomic E-state index is -4.51. The molecule has 1 aliphatic carbocycles. The predicted octanol–water partition coefficient (Wildman–Crippen LogP) is 3.47. The number of imidazole rings is 1. The number of carbonyl (C=O) groups is 2. The van der Waals surface area contributed by atoms with Crippen LogP contribution in [0.15, 0.2) is 18.5 Å². The average Bonchev–Trinajstić information content (AvgIpc) is 3.29. The molecule has 3 heterocycles. The minimum Gasteiger partial charge on any atom is -0.465 e. The van der Waals surface area contributed by atoms with Crippen LogP contribution in [0.1, 0.15) is 49.4 Å². The zero-order chi connectivity index (χ0) is 24.0.